The Hall–Kier alpha value is -0.330. The lowest BCUT2D eigenvalue weighted by molar-refractivity contribution is -0.125. The lowest BCUT2D eigenvalue weighted by Crippen LogP contribution is -2.22. The fraction of sp³-hybridized carbons (Fsp3) is 0.909. The molecule has 0 amide bonds. The summed E-state index contributed by atoms with van der Waals surface area (Å²) in [5.74, 6) is 2.16. The van der Waals surface area contributed by atoms with Gasteiger partial charge in [0.25, 0.3) is 0 Å². The van der Waals surface area contributed by atoms with Crippen molar-refractivity contribution in [3.8, 4) is 0 Å². The van der Waals surface area contributed by atoms with E-state index in [1.165, 1.54) is 38.5 Å². The summed E-state index contributed by atoms with van der Waals surface area (Å²) < 4.78 is 0. The van der Waals surface area contributed by atoms with Crippen molar-refractivity contribution < 1.29 is 4.79 Å². The van der Waals surface area contributed by atoms with Crippen LogP contribution >= 0.6 is 0 Å². The lowest BCUT2D eigenvalue weighted by Gasteiger charge is -2.21. The Labute approximate surface area is 74.5 Å². The van der Waals surface area contributed by atoms with Gasteiger partial charge in [-0.2, -0.15) is 0 Å². The van der Waals surface area contributed by atoms with Crippen LogP contribution in [0.3, 0.4) is 0 Å². The summed E-state index contributed by atoms with van der Waals surface area (Å²) in [6.45, 7) is 2.26. The first-order valence-corrected chi connectivity index (χ1v) is 5.33. The standard InChI is InChI=1S/C11H18O/c1-8-4-2-3-5-9-6-7-10(8)11(9)12/h8-10H,2-7H2,1H3. The van der Waals surface area contributed by atoms with Crippen molar-refractivity contribution in [1.82, 2.24) is 0 Å². The molecule has 0 aromatic carbocycles. The quantitative estimate of drug-likeness (QED) is 0.541. The monoisotopic (exact) mass is 166 g/mol. The van der Waals surface area contributed by atoms with Crippen LogP contribution in [0, 0.1) is 17.8 Å². The minimum Gasteiger partial charge on any atom is -0.299 e. The number of hydrogen-bond donors (Lipinski definition) is 0. The van der Waals surface area contributed by atoms with Gasteiger partial charge in [0.15, 0.2) is 0 Å². The van der Waals surface area contributed by atoms with Crippen LogP contribution in [0.2, 0.25) is 0 Å². The molecule has 0 aromatic rings. The highest BCUT2D eigenvalue weighted by molar-refractivity contribution is 5.85. The summed E-state index contributed by atoms with van der Waals surface area (Å²) >= 11 is 0. The third-order valence-electron chi connectivity index (χ3n) is 3.74. The summed E-state index contributed by atoms with van der Waals surface area (Å²) in [4.78, 5) is 11.8. The molecule has 0 N–H and O–H groups in total. The second kappa shape index (κ2) is 3.20. The number of carbonyl (C=O) groups is 1. The molecule has 3 atom stereocenters. The number of hydrogen-bond acceptors (Lipinski definition) is 1. The highest BCUT2D eigenvalue weighted by Gasteiger charge is 2.37. The minimum absolute atomic E-state index is 0.440. The summed E-state index contributed by atoms with van der Waals surface area (Å²) in [5.41, 5.74) is 0. The molecule has 2 rings (SSSR count). The second-order valence-electron chi connectivity index (χ2n) is 4.54. The van der Waals surface area contributed by atoms with Crippen LogP contribution in [-0.4, -0.2) is 5.78 Å². The molecule has 2 saturated carbocycles. The molecule has 2 aliphatic rings. The fourth-order valence-electron chi connectivity index (χ4n) is 2.88. The van der Waals surface area contributed by atoms with E-state index in [4.69, 9.17) is 0 Å². The molecule has 0 aliphatic heterocycles. The van der Waals surface area contributed by atoms with Crippen molar-refractivity contribution in [2.75, 3.05) is 0 Å². The average Bonchev–Trinajstić information content (AvgIpc) is 2.43. The lowest BCUT2D eigenvalue weighted by atomic mass is 9.83. The van der Waals surface area contributed by atoms with Gasteiger partial charge in [0, 0.05) is 11.8 Å². The molecular formula is C11H18O. The van der Waals surface area contributed by atoms with E-state index in [1.807, 2.05) is 0 Å². The molecule has 2 aliphatic carbocycles. The molecule has 12 heavy (non-hydrogen) atoms. The van der Waals surface area contributed by atoms with Gasteiger partial charge in [-0.3, -0.25) is 4.79 Å². The van der Waals surface area contributed by atoms with E-state index < -0.39 is 0 Å². The first-order chi connectivity index (χ1) is 5.79. The van der Waals surface area contributed by atoms with E-state index in [1.54, 1.807) is 0 Å². The van der Waals surface area contributed by atoms with Crippen molar-refractivity contribution in [3.63, 3.8) is 0 Å². The summed E-state index contributed by atoms with van der Waals surface area (Å²) in [6.07, 6.45) is 7.47. The number of rotatable bonds is 0. The Morgan fingerprint density at radius 3 is 2.67 bits per heavy atom. The number of carbonyl (C=O) groups excluding carboxylic acids is 1. The Bertz CT molecular complexity index is 185. The van der Waals surface area contributed by atoms with Gasteiger partial charge in [-0.25, -0.2) is 0 Å². The maximum Gasteiger partial charge on any atom is 0.139 e. The molecule has 2 bridgehead atoms. The Morgan fingerprint density at radius 1 is 1.08 bits per heavy atom. The van der Waals surface area contributed by atoms with Crippen molar-refractivity contribution in [2.45, 2.75) is 45.4 Å². The molecular weight excluding hydrogens is 148 g/mol. The molecule has 0 aromatic heterocycles. The van der Waals surface area contributed by atoms with Gasteiger partial charge in [0.1, 0.15) is 5.78 Å². The molecule has 68 valence electrons. The van der Waals surface area contributed by atoms with Gasteiger partial charge in [0.2, 0.25) is 0 Å². The predicted octanol–water partition coefficient (Wildman–Crippen LogP) is 2.79. The third kappa shape index (κ3) is 1.30. The number of fused-ring (bicyclic) bond motifs is 2. The molecule has 0 radical (unpaired) electrons. The van der Waals surface area contributed by atoms with Gasteiger partial charge < -0.3 is 0 Å². The largest absolute Gasteiger partial charge is 0.299 e. The van der Waals surface area contributed by atoms with Crippen LogP contribution in [0.25, 0.3) is 0 Å². The first-order valence-electron chi connectivity index (χ1n) is 5.33. The molecule has 0 saturated heterocycles. The van der Waals surface area contributed by atoms with Crippen LogP contribution in [0.4, 0.5) is 0 Å². The smallest absolute Gasteiger partial charge is 0.139 e. The van der Waals surface area contributed by atoms with Crippen molar-refractivity contribution in [3.05, 3.63) is 0 Å². The number of Topliss-reactive ketones (excluding diaryl/α,β-unsaturated/α-hetero) is 1. The van der Waals surface area contributed by atoms with Gasteiger partial charge >= 0.3 is 0 Å². The molecule has 2 fully saturated rings. The van der Waals surface area contributed by atoms with Gasteiger partial charge in [-0.05, 0) is 25.2 Å². The summed E-state index contributed by atoms with van der Waals surface area (Å²) in [5, 5.41) is 0. The van der Waals surface area contributed by atoms with Crippen LogP contribution < -0.4 is 0 Å². The van der Waals surface area contributed by atoms with Crippen LogP contribution in [0.15, 0.2) is 0 Å². The van der Waals surface area contributed by atoms with E-state index in [2.05, 4.69) is 6.92 Å². The van der Waals surface area contributed by atoms with Gasteiger partial charge in [-0.1, -0.05) is 26.2 Å². The Kier molecular flexibility index (Phi) is 2.20. The second-order valence-corrected chi connectivity index (χ2v) is 4.54. The summed E-state index contributed by atoms with van der Waals surface area (Å²) in [7, 11) is 0. The zero-order chi connectivity index (χ0) is 8.55. The topological polar surface area (TPSA) is 17.1 Å². The van der Waals surface area contributed by atoms with Crippen molar-refractivity contribution >= 4 is 5.78 Å². The minimum atomic E-state index is 0.440. The van der Waals surface area contributed by atoms with Crippen LogP contribution in [0.1, 0.15) is 45.4 Å². The van der Waals surface area contributed by atoms with E-state index >= 15 is 0 Å². The van der Waals surface area contributed by atoms with Gasteiger partial charge in [-0.15, -0.1) is 0 Å². The highest BCUT2D eigenvalue weighted by atomic mass is 16.1. The van der Waals surface area contributed by atoms with Crippen LogP contribution in [-0.2, 0) is 4.79 Å². The zero-order valence-electron chi connectivity index (χ0n) is 7.88. The third-order valence-corrected chi connectivity index (χ3v) is 3.74. The van der Waals surface area contributed by atoms with Crippen molar-refractivity contribution in [1.29, 1.82) is 0 Å². The highest BCUT2D eigenvalue weighted by Crippen LogP contribution is 2.39. The Morgan fingerprint density at radius 2 is 1.83 bits per heavy atom. The maximum atomic E-state index is 11.8. The van der Waals surface area contributed by atoms with E-state index in [0.29, 0.717) is 23.5 Å². The molecule has 0 spiro atoms. The first kappa shape index (κ1) is 8.28. The average molecular weight is 166 g/mol. The van der Waals surface area contributed by atoms with E-state index in [0.717, 1.165) is 0 Å². The normalized spacial score (nSPS) is 42.4. The molecule has 0 heterocycles. The zero-order valence-corrected chi connectivity index (χ0v) is 7.88. The fourth-order valence-corrected chi connectivity index (χ4v) is 2.88. The Balaban J connectivity index is 2.12. The van der Waals surface area contributed by atoms with Crippen LogP contribution in [0.5, 0.6) is 0 Å². The maximum absolute atomic E-state index is 11.8. The predicted molar refractivity (Wildman–Crippen MR) is 48.9 cm³/mol. The van der Waals surface area contributed by atoms with Gasteiger partial charge in [0.05, 0.1) is 0 Å². The molecule has 1 nitrogen and oxygen atoms in total. The molecule has 3 unspecified atom stereocenters. The SMILES string of the molecule is CC1CCCCC2CCC1C2=O. The summed E-state index contributed by atoms with van der Waals surface area (Å²) in [6, 6.07) is 0. The number of ketones is 1. The van der Waals surface area contributed by atoms with E-state index in [-0.39, 0.29) is 0 Å². The van der Waals surface area contributed by atoms with E-state index in [9.17, 15) is 4.79 Å². The molecule has 1 heteroatoms. The van der Waals surface area contributed by atoms with Crippen molar-refractivity contribution in [2.24, 2.45) is 17.8 Å².